The maximum atomic E-state index is 12.9. The average Bonchev–Trinajstić information content (AvgIpc) is 3.05. The van der Waals surface area contributed by atoms with Gasteiger partial charge in [0.15, 0.2) is 5.60 Å². The largest absolute Gasteiger partial charge is 0.479 e. The Kier molecular flexibility index (Phi) is 5.08. The van der Waals surface area contributed by atoms with E-state index in [4.69, 9.17) is 5.11 Å². The third-order valence-electron chi connectivity index (χ3n) is 4.97. The summed E-state index contributed by atoms with van der Waals surface area (Å²) in [5, 5.41) is 23.5. The number of aliphatic carboxylic acids is 1. The first-order chi connectivity index (χ1) is 12.4. The molecule has 0 bridgehead atoms. The van der Waals surface area contributed by atoms with Gasteiger partial charge in [-0.3, -0.25) is 9.48 Å². The zero-order valence-corrected chi connectivity index (χ0v) is 14.8. The number of carbonyl (C=O) groups is 2. The smallest absolute Gasteiger partial charge is 0.335 e. The van der Waals surface area contributed by atoms with Crippen molar-refractivity contribution in [3.8, 4) is 0 Å². The highest BCUT2D eigenvalue weighted by atomic mass is 16.4. The van der Waals surface area contributed by atoms with Crippen LogP contribution in [0.3, 0.4) is 0 Å². The quantitative estimate of drug-likeness (QED) is 0.846. The van der Waals surface area contributed by atoms with Crippen molar-refractivity contribution in [2.24, 2.45) is 0 Å². The molecule has 1 amide bonds. The third-order valence-corrected chi connectivity index (χ3v) is 4.97. The van der Waals surface area contributed by atoms with Crippen molar-refractivity contribution in [1.82, 2.24) is 14.7 Å². The monoisotopic (exact) mass is 357 g/mol. The molecular weight excluding hydrogens is 334 g/mol. The van der Waals surface area contributed by atoms with Crippen molar-refractivity contribution in [3.05, 3.63) is 53.3 Å². The van der Waals surface area contributed by atoms with Crippen LogP contribution in [0.4, 0.5) is 0 Å². The molecule has 0 radical (unpaired) electrons. The molecule has 7 nitrogen and oxygen atoms in total. The van der Waals surface area contributed by atoms with Crippen LogP contribution in [0.5, 0.6) is 0 Å². The number of rotatable bonds is 5. The van der Waals surface area contributed by atoms with Crippen molar-refractivity contribution in [3.63, 3.8) is 0 Å². The van der Waals surface area contributed by atoms with E-state index in [-0.39, 0.29) is 31.8 Å². The lowest BCUT2D eigenvalue weighted by atomic mass is 9.91. The van der Waals surface area contributed by atoms with Crippen LogP contribution < -0.4 is 0 Å². The standard InChI is InChI=1S/C19H23N3O4/c1-2-16-15(12-20-22(16)13-14-6-4-3-5-7-14)17(23)21-10-8-19(26,9-11-21)18(24)25/h3-7,12,26H,2,8-11,13H2,1H3,(H,24,25). The lowest BCUT2D eigenvalue weighted by molar-refractivity contribution is -0.162. The number of carboxylic acids is 1. The maximum absolute atomic E-state index is 12.9. The fourth-order valence-electron chi connectivity index (χ4n) is 3.32. The van der Waals surface area contributed by atoms with Gasteiger partial charge in [0.2, 0.25) is 0 Å². The van der Waals surface area contributed by atoms with Gasteiger partial charge in [-0.05, 0) is 12.0 Å². The van der Waals surface area contributed by atoms with Crippen LogP contribution in [0.15, 0.2) is 36.5 Å². The summed E-state index contributed by atoms with van der Waals surface area (Å²) in [4.78, 5) is 25.6. The molecule has 1 saturated heterocycles. The lowest BCUT2D eigenvalue weighted by Crippen LogP contribution is -2.50. The minimum atomic E-state index is -1.73. The lowest BCUT2D eigenvalue weighted by Gasteiger charge is -2.35. The Balaban J connectivity index is 1.75. The van der Waals surface area contributed by atoms with Gasteiger partial charge >= 0.3 is 5.97 Å². The summed E-state index contributed by atoms with van der Waals surface area (Å²) >= 11 is 0. The van der Waals surface area contributed by atoms with Crippen LogP contribution in [0.1, 0.15) is 41.4 Å². The van der Waals surface area contributed by atoms with Crippen molar-refractivity contribution >= 4 is 11.9 Å². The molecule has 0 saturated carbocycles. The Morgan fingerprint density at radius 1 is 1.19 bits per heavy atom. The second-order valence-electron chi connectivity index (χ2n) is 6.63. The summed E-state index contributed by atoms with van der Waals surface area (Å²) in [7, 11) is 0. The molecule has 138 valence electrons. The number of aliphatic hydroxyl groups is 1. The van der Waals surface area contributed by atoms with Crippen molar-refractivity contribution in [1.29, 1.82) is 0 Å². The van der Waals surface area contributed by atoms with Crippen LogP contribution >= 0.6 is 0 Å². The van der Waals surface area contributed by atoms with Crippen molar-refractivity contribution in [2.75, 3.05) is 13.1 Å². The molecule has 2 N–H and O–H groups in total. The molecule has 1 fully saturated rings. The molecule has 3 rings (SSSR count). The van der Waals surface area contributed by atoms with Crippen LogP contribution in [-0.4, -0.2) is 55.5 Å². The van der Waals surface area contributed by atoms with E-state index in [1.54, 1.807) is 11.1 Å². The number of piperidine rings is 1. The molecule has 1 aromatic heterocycles. The highest BCUT2D eigenvalue weighted by Crippen LogP contribution is 2.24. The molecule has 1 aliphatic rings. The number of nitrogens with zero attached hydrogens (tertiary/aromatic N) is 3. The zero-order chi connectivity index (χ0) is 18.7. The Hall–Kier alpha value is -2.67. The molecule has 0 aliphatic carbocycles. The number of hydrogen-bond acceptors (Lipinski definition) is 4. The normalized spacial score (nSPS) is 16.5. The number of carboxylic acid groups (broad SMARTS) is 1. The van der Waals surface area contributed by atoms with Crippen LogP contribution in [0, 0.1) is 0 Å². The summed E-state index contributed by atoms with van der Waals surface area (Å²) in [6.07, 6.45) is 2.32. The molecule has 0 atom stereocenters. The van der Waals surface area contributed by atoms with E-state index in [0.717, 1.165) is 11.3 Å². The number of aromatic nitrogens is 2. The van der Waals surface area contributed by atoms with Crippen molar-refractivity contribution < 1.29 is 19.8 Å². The summed E-state index contributed by atoms with van der Waals surface area (Å²) in [6.45, 7) is 3.01. The Labute approximate surface area is 151 Å². The minimum absolute atomic E-state index is 0.0354. The molecule has 2 heterocycles. The Morgan fingerprint density at radius 2 is 1.85 bits per heavy atom. The van der Waals surface area contributed by atoms with Gasteiger partial charge < -0.3 is 15.1 Å². The van der Waals surface area contributed by atoms with Gasteiger partial charge in [-0.1, -0.05) is 37.3 Å². The number of likely N-dealkylation sites (tertiary alicyclic amines) is 1. The van der Waals surface area contributed by atoms with Crippen LogP contribution in [0.2, 0.25) is 0 Å². The zero-order valence-electron chi connectivity index (χ0n) is 14.8. The number of benzene rings is 1. The van der Waals surface area contributed by atoms with E-state index < -0.39 is 11.6 Å². The van der Waals surface area contributed by atoms with Gasteiger partial charge in [0, 0.05) is 25.9 Å². The second kappa shape index (κ2) is 7.29. The molecule has 1 aliphatic heterocycles. The summed E-state index contributed by atoms with van der Waals surface area (Å²) in [5.41, 5.74) is 0.776. The fraction of sp³-hybridized carbons (Fsp3) is 0.421. The van der Waals surface area contributed by atoms with Gasteiger partial charge in [-0.2, -0.15) is 5.10 Å². The molecular formula is C19H23N3O4. The highest BCUT2D eigenvalue weighted by Gasteiger charge is 2.40. The predicted molar refractivity (Wildman–Crippen MR) is 94.9 cm³/mol. The van der Waals surface area contributed by atoms with Crippen LogP contribution in [0.25, 0.3) is 0 Å². The van der Waals surface area contributed by atoms with E-state index in [1.807, 2.05) is 41.9 Å². The summed E-state index contributed by atoms with van der Waals surface area (Å²) in [5.74, 6) is -1.39. The van der Waals surface area contributed by atoms with Gasteiger partial charge in [-0.15, -0.1) is 0 Å². The van der Waals surface area contributed by atoms with E-state index in [0.29, 0.717) is 18.5 Å². The molecule has 26 heavy (non-hydrogen) atoms. The fourth-order valence-corrected chi connectivity index (χ4v) is 3.32. The maximum Gasteiger partial charge on any atom is 0.335 e. The summed E-state index contributed by atoms with van der Waals surface area (Å²) in [6, 6.07) is 9.92. The first kappa shape index (κ1) is 18.1. The van der Waals surface area contributed by atoms with E-state index in [2.05, 4.69) is 5.10 Å². The molecule has 0 unspecified atom stereocenters. The van der Waals surface area contributed by atoms with Gasteiger partial charge in [0.05, 0.1) is 24.0 Å². The SMILES string of the molecule is CCc1c(C(=O)N2CCC(O)(C(=O)O)CC2)cnn1Cc1ccccc1. The third kappa shape index (κ3) is 3.48. The first-order valence-corrected chi connectivity index (χ1v) is 8.78. The molecule has 7 heteroatoms. The highest BCUT2D eigenvalue weighted by molar-refractivity contribution is 5.95. The van der Waals surface area contributed by atoms with Crippen LogP contribution in [-0.2, 0) is 17.8 Å². The molecule has 0 spiro atoms. The van der Waals surface area contributed by atoms with Gasteiger partial charge in [-0.25, -0.2) is 4.79 Å². The van der Waals surface area contributed by atoms with E-state index >= 15 is 0 Å². The van der Waals surface area contributed by atoms with E-state index in [1.165, 1.54) is 0 Å². The van der Waals surface area contributed by atoms with Gasteiger partial charge in [0.1, 0.15) is 0 Å². The second-order valence-corrected chi connectivity index (χ2v) is 6.63. The Bertz CT molecular complexity index is 792. The topological polar surface area (TPSA) is 95.7 Å². The number of amides is 1. The van der Waals surface area contributed by atoms with E-state index in [9.17, 15) is 14.7 Å². The average molecular weight is 357 g/mol. The molecule has 2 aromatic rings. The Morgan fingerprint density at radius 3 is 2.42 bits per heavy atom. The summed E-state index contributed by atoms with van der Waals surface area (Å²) < 4.78 is 1.83. The minimum Gasteiger partial charge on any atom is -0.479 e. The van der Waals surface area contributed by atoms with Crippen molar-refractivity contribution in [2.45, 2.75) is 38.3 Å². The predicted octanol–water partition coefficient (Wildman–Crippen LogP) is 1.55. The first-order valence-electron chi connectivity index (χ1n) is 8.78. The van der Waals surface area contributed by atoms with Gasteiger partial charge in [0.25, 0.3) is 5.91 Å². The molecule has 1 aromatic carbocycles. The number of carbonyl (C=O) groups excluding carboxylic acids is 1. The number of hydrogen-bond donors (Lipinski definition) is 2.